The first-order valence-electron chi connectivity index (χ1n) is 20.3. The molecule has 0 spiro atoms. The number of allylic oxidation sites excluding steroid dienone is 2. The molecular formula is C41H72O8S. The molecule has 5 aliphatic rings. The molecular weight excluding hydrogens is 653 g/mol. The van der Waals surface area contributed by atoms with Crippen LogP contribution in [0.25, 0.3) is 0 Å². The van der Waals surface area contributed by atoms with E-state index in [1.807, 2.05) is 0 Å². The number of aliphatic hydroxyl groups excluding tert-OH is 4. The molecule has 4 N–H and O–H groups in total. The molecule has 0 unspecified atom stereocenters. The lowest BCUT2D eigenvalue weighted by atomic mass is 9.46. The van der Waals surface area contributed by atoms with Crippen molar-refractivity contribution in [3.8, 4) is 0 Å². The van der Waals surface area contributed by atoms with Crippen LogP contribution in [0.4, 0.5) is 0 Å². The number of ether oxygens (including phenoxy) is 4. The van der Waals surface area contributed by atoms with Gasteiger partial charge in [-0.05, 0) is 110 Å². The summed E-state index contributed by atoms with van der Waals surface area (Å²) in [4.78, 5) is 0. The molecule has 50 heavy (non-hydrogen) atoms. The van der Waals surface area contributed by atoms with E-state index >= 15 is 0 Å². The van der Waals surface area contributed by atoms with Crippen molar-refractivity contribution in [3.05, 3.63) is 11.6 Å². The van der Waals surface area contributed by atoms with E-state index in [2.05, 4.69) is 40.7 Å². The van der Waals surface area contributed by atoms with Crippen LogP contribution in [0.5, 0.6) is 0 Å². The highest BCUT2D eigenvalue weighted by Gasteiger charge is 2.59. The summed E-state index contributed by atoms with van der Waals surface area (Å²) in [6, 6.07) is 0. The van der Waals surface area contributed by atoms with Crippen LogP contribution in [0.1, 0.15) is 112 Å². The molecule has 290 valence electrons. The maximum Gasteiger partial charge on any atom is 0.132 e. The fraction of sp³-hybridized carbons (Fsp3) is 0.951. The average Bonchev–Trinajstić information content (AvgIpc) is 3.45. The zero-order chi connectivity index (χ0) is 35.9. The van der Waals surface area contributed by atoms with E-state index in [9.17, 15) is 20.4 Å². The molecule has 13 atom stereocenters. The topological polar surface area (TPSA) is 118 Å². The van der Waals surface area contributed by atoms with Crippen LogP contribution < -0.4 is 0 Å². The molecule has 0 amide bonds. The van der Waals surface area contributed by atoms with Gasteiger partial charge in [0.15, 0.2) is 0 Å². The second-order valence-corrected chi connectivity index (χ2v) is 18.8. The summed E-state index contributed by atoms with van der Waals surface area (Å²) in [5, 5.41) is 39.2. The number of aliphatic hydroxyl groups is 4. The van der Waals surface area contributed by atoms with Gasteiger partial charge in [0, 0.05) is 12.4 Å². The zero-order valence-corrected chi connectivity index (χ0v) is 32.8. The Kier molecular flexibility index (Phi) is 15.5. The van der Waals surface area contributed by atoms with E-state index in [4.69, 9.17) is 18.9 Å². The monoisotopic (exact) mass is 724 g/mol. The second-order valence-electron chi connectivity index (χ2n) is 17.6. The standard InChI is InChI=1S/C41H72O8S/c1-27(2)7-6-8-28(3)32-11-12-33-31-10-9-30-25-29(13-16-40(30,4)34(31)14-17-41(32,33)5)15-18-46-19-20-47-21-22-48-23-24-50-39-38(45)37(44)36(43)35(26-42)49-39/h9,27-29,31-39,42-45H,6-8,10-26H2,1-5H3/t28-,29+,31+,32-,33+,34+,35-,36+,37+,38-,39+,40+,41-/m1/s1. The van der Waals surface area contributed by atoms with Gasteiger partial charge in [-0.1, -0.05) is 65.5 Å². The van der Waals surface area contributed by atoms with Crippen molar-refractivity contribution in [2.45, 2.75) is 142 Å². The molecule has 4 fully saturated rings. The fourth-order valence-electron chi connectivity index (χ4n) is 11.2. The molecule has 4 aliphatic carbocycles. The minimum Gasteiger partial charge on any atom is -0.394 e. The van der Waals surface area contributed by atoms with Gasteiger partial charge in [0.25, 0.3) is 0 Å². The predicted octanol–water partition coefficient (Wildman–Crippen LogP) is 6.62. The summed E-state index contributed by atoms with van der Waals surface area (Å²) < 4.78 is 22.8. The SMILES string of the molecule is CC(C)CCC[C@@H](C)[C@H]1CC[C@H]2[C@@H]3CC=C4C[C@H](CCOCCOCCOCCS[C@@H]5O[C@H](CO)[C@H](O)[C@H](O)[C@H]5O)CC[C@]4(C)[C@H]3CC[C@]12C. The van der Waals surface area contributed by atoms with E-state index in [0.717, 1.165) is 54.5 Å². The maximum absolute atomic E-state index is 10.1. The Bertz CT molecular complexity index is 1060. The number of hydrogen-bond acceptors (Lipinski definition) is 9. The van der Waals surface area contributed by atoms with Crippen molar-refractivity contribution >= 4 is 11.8 Å². The summed E-state index contributed by atoms with van der Waals surface area (Å²) >= 11 is 1.29. The Balaban J connectivity index is 0.932. The average molecular weight is 725 g/mol. The van der Waals surface area contributed by atoms with Crippen molar-refractivity contribution in [1.82, 2.24) is 0 Å². The van der Waals surface area contributed by atoms with Gasteiger partial charge in [-0.15, -0.1) is 11.8 Å². The summed E-state index contributed by atoms with van der Waals surface area (Å²) in [5.41, 5.74) is 2.03. The third kappa shape index (κ3) is 9.52. The molecule has 9 heteroatoms. The first kappa shape index (κ1) is 40.9. The quantitative estimate of drug-likeness (QED) is 0.0862. The molecule has 0 aromatic rings. The fourth-order valence-corrected chi connectivity index (χ4v) is 12.3. The molecule has 1 heterocycles. The molecule has 5 rings (SSSR count). The molecule has 0 aromatic carbocycles. The van der Waals surface area contributed by atoms with E-state index in [1.165, 1.54) is 82.4 Å². The second kappa shape index (κ2) is 18.9. The Morgan fingerprint density at radius 3 is 2.28 bits per heavy atom. The van der Waals surface area contributed by atoms with E-state index in [1.54, 1.807) is 5.57 Å². The highest BCUT2D eigenvalue weighted by atomic mass is 32.2. The molecule has 0 radical (unpaired) electrons. The van der Waals surface area contributed by atoms with E-state index in [-0.39, 0.29) is 0 Å². The highest BCUT2D eigenvalue weighted by molar-refractivity contribution is 7.99. The molecule has 8 nitrogen and oxygen atoms in total. The van der Waals surface area contributed by atoms with Gasteiger partial charge in [-0.2, -0.15) is 0 Å². The third-order valence-electron chi connectivity index (χ3n) is 14.2. The van der Waals surface area contributed by atoms with Crippen molar-refractivity contribution in [3.63, 3.8) is 0 Å². The van der Waals surface area contributed by atoms with Gasteiger partial charge in [-0.25, -0.2) is 0 Å². The van der Waals surface area contributed by atoms with Crippen molar-refractivity contribution < 1.29 is 39.4 Å². The first-order chi connectivity index (χ1) is 24.0. The van der Waals surface area contributed by atoms with Crippen LogP contribution in [0.3, 0.4) is 0 Å². The van der Waals surface area contributed by atoms with Crippen molar-refractivity contribution in [2.24, 2.45) is 52.3 Å². The van der Waals surface area contributed by atoms with E-state index < -0.39 is 36.5 Å². The van der Waals surface area contributed by atoms with Crippen LogP contribution >= 0.6 is 11.8 Å². The molecule has 3 saturated carbocycles. The number of rotatable bonds is 19. The maximum atomic E-state index is 10.1. The van der Waals surface area contributed by atoms with Gasteiger partial charge in [0.1, 0.15) is 29.9 Å². The lowest BCUT2D eigenvalue weighted by Crippen LogP contribution is -2.57. The van der Waals surface area contributed by atoms with E-state index in [0.29, 0.717) is 49.6 Å². The zero-order valence-electron chi connectivity index (χ0n) is 32.0. The normalized spacial score (nSPS) is 40.6. The number of hydrogen-bond donors (Lipinski definition) is 4. The number of thioether (sulfide) groups is 1. The Morgan fingerprint density at radius 2 is 1.56 bits per heavy atom. The highest BCUT2D eigenvalue weighted by Crippen LogP contribution is 2.67. The van der Waals surface area contributed by atoms with Crippen LogP contribution in [0.15, 0.2) is 11.6 Å². The van der Waals surface area contributed by atoms with Gasteiger partial charge in [-0.3, -0.25) is 0 Å². The molecule has 1 saturated heterocycles. The minimum absolute atomic E-state index is 0.414. The summed E-state index contributed by atoms with van der Waals surface area (Å²) in [6.07, 6.45) is 14.4. The van der Waals surface area contributed by atoms with Crippen molar-refractivity contribution in [2.75, 3.05) is 52.0 Å². The Labute approximate surface area is 307 Å². The van der Waals surface area contributed by atoms with Crippen LogP contribution in [-0.4, -0.2) is 102 Å². The third-order valence-corrected chi connectivity index (χ3v) is 15.3. The minimum atomic E-state index is -1.34. The Morgan fingerprint density at radius 1 is 0.840 bits per heavy atom. The van der Waals surface area contributed by atoms with Gasteiger partial charge in [0.2, 0.25) is 0 Å². The summed E-state index contributed by atoms with van der Waals surface area (Å²) in [5.74, 6) is 6.63. The van der Waals surface area contributed by atoms with Crippen LogP contribution in [0, 0.1) is 52.3 Å². The van der Waals surface area contributed by atoms with Gasteiger partial charge in [0.05, 0.1) is 39.6 Å². The first-order valence-corrected chi connectivity index (χ1v) is 21.4. The van der Waals surface area contributed by atoms with Crippen LogP contribution in [0.2, 0.25) is 0 Å². The Hall–Kier alpha value is -0.230. The van der Waals surface area contributed by atoms with Crippen LogP contribution in [-0.2, 0) is 18.9 Å². The van der Waals surface area contributed by atoms with Gasteiger partial charge < -0.3 is 39.4 Å². The van der Waals surface area contributed by atoms with Crippen molar-refractivity contribution in [1.29, 1.82) is 0 Å². The number of fused-ring (bicyclic) bond motifs is 5. The lowest BCUT2D eigenvalue weighted by Gasteiger charge is -2.58. The van der Waals surface area contributed by atoms with Gasteiger partial charge >= 0.3 is 0 Å². The smallest absolute Gasteiger partial charge is 0.132 e. The largest absolute Gasteiger partial charge is 0.394 e. The molecule has 1 aliphatic heterocycles. The predicted molar refractivity (Wildman–Crippen MR) is 200 cm³/mol. The lowest BCUT2D eigenvalue weighted by molar-refractivity contribution is -0.205. The molecule has 0 bridgehead atoms. The summed E-state index contributed by atoms with van der Waals surface area (Å²) in [6.45, 7) is 15.6. The molecule has 0 aromatic heterocycles. The summed E-state index contributed by atoms with van der Waals surface area (Å²) in [7, 11) is 0.